The topological polar surface area (TPSA) is 170 Å². The Balaban J connectivity index is 2.04. The summed E-state index contributed by atoms with van der Waals surface area (Å²) in [6, 6.07) is 0. The average molecular weight is 643 g/mol. The van der Waals surface area contributed by atoms with Crippen molar-refractivity contribution in [2.24, 2.45) is 22.6 Å². The van der Waals surface area contributed by atoms with Crippen LogP contribution in [0.3, 0.4) is 0 Å². The molecule has 0 radical (unpaired) electrons. The highest BCUT2D eigenvalue weighted by Gasteiger charge is 2.35. The molecule has 0 spiro atoms. The number of nitrogens with one attached hydrogen (secondary N) is 1. The lowest BCUT2D eigenvalue weighted by molar-refractivity contribution is -0.118. The number of aliphatic hydroxyl groups excluding tert-OH is 1. The predicted molar refractivity (Wildman–Crippen MR) is 174 cm³/mol. The minimum absolute atomic E-state index is 0.0987. The van der Waals surface area contributed by atoms with E-state index in [-0.39, 0.29) is 41.5 Å². The van der Waals surface area contributed by atoms with E-state index >= 15 is 0 Å². The SMILES string of the molecule is CO[C@H]1/C=C\C=C(/C)C(=O)N=C2CC(=O)C(NCCN3CCCC3)=C(C[C@@H](C)C[C@H](OC)[C@H](O)[C@@H](C)/C=C(\C)[C@@H]1OC(N)=O)C2=O. The van der Waals surface area contributed by atoms with E-state index in [4.69, 9.17) is 19.9 Å². The van der Waals surface area contributed by atoms with E-state index in [9.17, 15) is 24.3 Å². The number of aliphatic hydroxyl groups is 1. The molecular weight excluding hydrogens is 592 g/mol. The molecule has 46 heavy (non-hydrogen) atoms. The number of carbonyl (C=O) groups is 4. The summed E-state index contributed by atoms with van der Waals surface area (Å²) in [7, 11) is 2.95. The fourth-order valence-electron chi connectivity index (χ4n) is 6.20. The molecule has 2 bridgehead atoms. The third-order valence-corrected chi connectivity index (χ3v) is 8.79. The van der Waals surface area contributed by atoms with Gasteiger partial charge in [-0.05, 0) is 64.1 Å². The maximum absolute atomic E-state index is 13.8. The summed E-state index contributed by atoms with van der Waals surface area (Å²) in [5, 5.41) is 14.6. The van der Waals surface area contributed by atoms with Crippen LogP contribution in [0.25, 0.3) is 0 Å². The third kappa shape index (κ3) is 10.0. The number of nitrogens with two attached hydrogens (primary N) is 1. The van der Waals surface area contributed by atoms with Gasteiger partial charge in [0.2, 0.25) is 5.78 Å². The van der Waals surface area contributed by atoms with Gasteiger partial charge in [0.1, 0.15) is 11.8 Å². The molecule has 12 heteroatoms. The first-order chi connectivity index (χ1) is 21.9. The number of methoxy groups -OCH3 is 2. The van der Waals surface area contributed by atoms with E-state index in [0.717, 1.165) is 32.5 Å². The van der Waals surface area contributed by atoms with Crippen molar-refractivity contribution in [3.63, 3.8) is 0 Å². The number of hydrogen-bond acceptors (Lipinski definition) is 10. The van der Waals surface area contributed by atoms with Crippen molar-refractivity contribution in [1.29, 1.82) is 0 Å². The molecule has 12 nitrogen and oxygen atoms in total. The van der Waals surface area contributed by atoms with E-state index in [1.54, 1.807) is 32.1 Å². The van der Waals surface area contributed by atoms with Gasteiger partial charge in [-0.15, -0.1) is 0 Å². The minimum Gasteiger partial charge on any atom is -0.439 e. The molecular formula is C34H50N4O8. The lowest BCUT2D eigenvalue weighted by Crippen LogP contribution is -2.39. The van der Waals surface area contributed by atoms with Crippen molar-refractivity contribution in [1.82, 2.24) is 10.2 Å². The highest BCUT2D eigenvalue weighted by Crippen LogP contribution is 2.28. The predicted octanol–water partition coefficient (Wildman–Crippen LogP) is 2.81. The Kier molecular flexibility index (Phi) is 14.1. The second kappa shape index (κ2) is 17.5. The number of primary amides is 1. The van der Waals surface area contributed by atoms with Crippen molar-refractivity contribution in [2.45, 2.75) is 84.2 Å². The standard InChI is InChI=1S/C34H50N4O8/c1-20-16-24-29(36-12-15-38-13-7-8-14-38)26(39)19-25(31(24)41)37-33(42)21(2)10-9-11-27(44-5)32(46-34(35)43)23(4)18-22(3)30(40)28(17-20)45-6/h9-11,18,20,22,27-28,30,32,36,40H,7-8,12-17,19H2,1-6H3,(H2,35,43)/b11-9-,21-10+,23-18+,37-25?/t20-,22+,27+,28+,30-,32+/m1/s1. The van der Waals surface area contributed by atoms with Crippen LogP contribution in [0.5, 0.6) is 0 Å². The number of ether oxygens (including phenoxy) is 3. The molecule has 0 unspecified atom stereocenters. The van der Waals surface area contributed by atoms with Crippen LogP contribution in [0.1, 0.15) is 59.8 Å². The molecule has 2 heterocycles. The van der Waals surface area contributed by atoms with Crippen molar-refractivity contribution in [3.8, 4) is 0 Å². The molecule has 4 N–H and O–H groups in total. The maximum Gasteiger partial charge on any atom is 0.405 e. The molecule has 3 aliphatic rings. The number of fused-ring (bicyclic) bond motifs is 2. The summed E-state index contributed by atoms with van der Waals surface area (Å²) < 4.78 is 16.7. The molecule has 0 aromatic heterocycles. The first-order valence-corrected chi connectivity index (χ1v) is 16.0. The second-order valence-corrected chi connectivity index (χ2v) is 12.5. The summed E-state index contributed by atoms with van der Waals surface area (Å²) in [4.78, 5) is 58.5. The molecule has 2 amide bonds. The fraction of sp³-hybridized carbons (Fsp3) is 0.618. The Morgan fingerprint density at radius 1 is 1.13 bits per heavy atom. The molecule has 1 aliphatic carbocycles. The lowest BCUT2D eigenvalue weighted by Gasteiger charge is -2.30. The van der Waals surface area contributed by atoms with Crippen LogP contribution in [-0.4, -0.2) is 104 Å². The summed E-state index contributed by atoms with van der Waals surface area (Å²) in [5.41, 5.74) is 6.66. The lowest BCUT2D eigenvalue weighted by atomic mass is 9.83. The van der Waals surface area contributed by atoms with Gasteiger partial charge in [-0.2, -0.15) is 0 Å². The summed E-state index contributed by atoms with van der Waals surface area (Å²) in [6.45, 7) is 10.3. The van der Waals surface area contributed by atoms with Gasteiger partial charge in [0.05, 0.1) is 24.3 Å². The average Bonchev–Trinajstić information content (AvgIpc) is 3.53. The Morgan fingerprint density at radius 2 is 1.83 bits per heavy atom. The molecule has 254 valence electrons. The number of ketones is 2. The largest absolute Gasteiger partial charge is 0.439 e. The summed E-state index contributed by atoms with van der Waals surface area (Å²) in [6.07, 6.45) is 4.80. The third-order valence-electron chi connectivity index (χ3n) is 8.79. The summed E-state index contributed by atoms with van der Waals surface area (Å²) >= 11 is 0. The highest BCUT2D eigenvalue weighted by molar-refractivity contribution is 6.53. The van der Waals surface area contributed by atoms with Crippen LogP contribution in [0, 0.1) is 11.8 Å². The van der Waals surface area contributed by atoms with E-state index in [1.165, 1.54) is 20.3 Å². The number of Topliss-reactive ketones (excluding diaryl/α,β-unsaturated/α-hetero) is 2. The zero-order valence-corrected chi connectivity index (χ0v) is 27.9. The van der Waals surface area contributed by atoms with E-state index in [1.807, 2.05) is 13.8 Å². The molecule has 6 atom stereocenters. The van der Waals surface area contributed by atoms with Gasteiger partial charge in [-0.25, -0.2) is 9.79 Å². The van der Waals surface area contributed by atoms with E-state index < -0.39 is 48.1 Å². The van der Waals surface area contributed by atoms with Gasteiger partial charge in [-0.1, -0.05) is 38.2 Å². The van der Waals surface area contributed by atoms with Crippen molar-refractivity contribution in [2.75, 3.05) is 40.4 Å². The number of rotatable bonds is 7. The normalized spacial score (nSPS) is 32.3. The number of amides is 2. The van der Waals surface area contributed by atoms with E-state index in [0.29, 0.717) is 24.1 Å². The molecule has 1 saturated heterocycles. The van der Waals surface area contributed by atoms with Crippen LogP contribution >= 0.6 is 0 Å². The number of carbonyl (C=O) groups excluding carboxylic acids is 4. The quantitative estimate of drug-likeness (QED) is 0.351. The van der Waals surface area contributed by atoms with Gasteiger partial charge >= 0.3 is 6.09 Å². The van der Waals surface area contributed by atoms with Crippen LogP contribution in [0.15, 0.2) is 51.7 Å². The van der Waals surface area contributed by atoms with Crippen molar-refractivity contribution < 1.29 is 38.5 Å². The van der Waals surface area contributed by atoms with Gasteiger partial charge < -0.3 is 35.3 Å². The van der Waals surface area contributed by atoms with Crippen LogP contribution in [-0.2, 0) is 28.6 Å². The number of allylic oxidation sites excluding steroid dienone is 4. The number of aliphatic imine (C=N–C) groups is 1. The Labute approximate surface area is 271 Å². The first kappa shape index (κ1) is 37.0. The maximum atomic E-state index is 13.8. The molecule has 0 aromatic carbocycles. The number of likely N-dealkylation sites (tertiary alicyclic amines) is 1. The van der Waals surface area contributed by atoms with Gasteiger partial charge in [-0.3, -0.25) is 14.4 Å². The fourth-order valence-corrected chi connectivity index (χ4v) is 6.20. The molecule has 3 rings (SSSR count). The van der Waals surface area contributed by atoms with Gasteiger partial charge in [0.25, 0.3) is 5.91 Å². The zero-order chi connectivity index (χ0) is 34.0. The molecule has 2 aliphatic heterocycles. The number of nitrogens with zero attached hydrogens (tertiary/aromatic N) is 2. The monoisotopic (exact) mass is 642 g/mol. The zero-order valence-electron chi connectivity index (χ0n) is 27.9. The Morgan fingerprint density at radius 3 is 2.46 bits per heavy atom. The molecule has 0 aromatic rings. The molecule has 0 saturated carbocycles. The van der Waals surface area contributed by atoms with Crippen molar-refractivity contribution >= 4 is 29.3 Å². The van der Waals surface area contributed by atoms with E-state index in [2.05, 4.69) is 15.2 Å². The van der Waals surface area contributed by atoms with Gasteiger partial charge in [0, 0.05) is 44.4 Å². The van der Waals surface area contributed by atoms with Crippen LogP contribution < -0.4 is 11.1 Å². The van der Waals surface area contributed by atoms with Crippen LogP contribution in [0.4, 0.5) is 4.79 Å². The highest BCUT2D eigenvalue weighted by atomic mass is 16.6. The smallest absolute Gasteiger partial charge is 0.405 e. The second-order valence-electron chi connectivity index (χ2n) is 12.5. The molecule has 1 fully saturated rings. The Hall–Kier alpha value is -3.45. The van der Waals surface area contributed by atoms with Crippen LogP contribution in [0.2, 0.25) is 0 Å². The Bertz CT molecular complexity index is 1290. The minimum atomic E-state index is -0.995. The first-order valence-electron chi connectivity index (χ1n) is 16.0. The van der Waals surface area contributed by atoms with Gasteiger partial charge in [0.15, 0.2) is 11.9 Å². The summed E-state index contributed by atoms with van der Waals surface area (Å²) in [5.74, 6) is -1.99. The van der Waals surface area contributed by atoms with Crippen molar-refractivity contribution in [3.05, 3.63) is 46.7 Å². The number of hydrogen-bond donors (Lipinski definition) is 3.